The molecule has 0 saturated heterocycles. The number of thiocarbonyl (C=S) groups is 1. The van der Waals surface area contributed by atoms with Crippen molar-refractivity contribution in [3.63, 3.8) is 0 Å². The maximum absolute atomic E-state index is 11.7. The molecule has 21 heavy (non-hydrogen) atoms. The minimum absolute atomic E-state index is 0.358. The first kappa shape index (κ1) is 15.9. The lowest BCUT2D eigenvalue weighted by atomic mass is 10.3. The number of nitrogens with zero attached hydrogens (tertiary/aromatic N) is 1. The van der Waals surface area contributed by atoms with Gasteiger partial charge in [0, 0.05) is 15.5 Å². The molecule has 0 unspecified atom stereocenters. The second-order valence-electron chi connectivity index (χ2n) is 4.03. The summed E-state index contributed by atoms with van der Waals surface area (Å²) in [6.45, 7) is 1.91. The van der Waals surface area contributed by atoms with Crippen molar-refractivity contribution in [2.75, 3.05) is 17.7 Å². The lowest BCUT2D eigenvalue weighted by Gasteiger charge is -2.09. The fourth-order valence-electron chi connectivity index (χ4n) is 1.57. The van der Waals surface area contributed by atoms with Crippen LogP contribution in [0.2, 0.25) is 0 Å². The Morgan fingerprint density at radius 3 is 2.81 bits per heavy atom. The Kier molecular flexibility index (Phi) is 5.27. The zero-order valence-corrected chi connectivity index (χ0v) is 14.5. The van der Waals surface area contributed by atoms with Gasteiger partial charge in [0.2, 0.25) is 0 Å². The summed E-state index contributed by atoms with van der Waals surface area (Å²) >= 11 is 9.97. The largest absolute Gasteiger partial charge is 0.465 e. The molecule has 0 aliphatic carbocycles. The Morgan fingerprint density at radius 1 is 1.43 bits per heavy atom. The van der Waals surface area contributed by atoms with Crippen LogP contribution < -0.4 is 10.6 Å². The Hall–Kier alpha value is -1.51. The summed E-state index contributed by atoms with van der Waals surface area (Å²) in [5, 5.41) is 6.96. The fourth-order valence-corrected chi connectivity index (χ4v) is 2.98. The molecule has 0 radical (unpaired) electrons. The third kappa shape index (κ3) is 4.23. The average Bonchev–Trinajstić information content (AvgIpc) is 2.81. The first-order valence-electron chi connectivity index (χ1n) is 5.88. The van der Waals surface area contributed by atoms with Crippen LogP contribution in [0.3, 0.4) is 0 Å². The first-order valence-corrected chi connectivity index (χ1v) is 7.89. The van der Waals surface area contributed by atoms with Crippen LogP contribution in [0.5, 0.6) is 0 Å². The molecule has 2 N–H and O–H groups in total. The van der Waals surface area contributed by atoms with Gasteiger partial charge >= 0.3 is 5.97 Å². The van der Waals surface area contributed by atoms with Crippen molar-refractivity contribution in [2.24, 2.45) is 0 Å². The Morgan fingerprint density at radius 2 is 2.19 bits per heavy atom. The number of methoxy groups -OCH3 is 1. The second-order valence-corrected chi connectivity index (χ2v) is 6.61. The van der Waals surface area contributed by atoms with E-state index in [4.69, 9.17) is 17.0 Å². The van der Waals surface area contributed by atoms with E-state index in [1.54, 1.807) is 18.3 Å². The number of halogens is 1. The molecule has 0 atom stereocenters. The van der Waals surface area contributed by atoms with Gasteiger partial charge in [-0.3, -0.25) is 0 Å². The molecule has 2 heterocycles. The second kappa shape index (κ2) is 6.97. The number of anilines is 2. The zero-order valence-electron chi connectivity index (χ0n) is 11.3. The molecule has 0 amide bonds. The molecule has 0 aromatic carbocycles. The number of pyridine rings is 1. The van der Waals surface area contributed by atoms with Crippen LogP contribution >= 0.6 is 39.5 Å². The van der Waals surface area contributed by atoms with Gasteiger partial charge in [0.25, 0.3) is 0 Å². The van der Waals surface area contributed by atoms with E-state index in [0.717, 1.165) is 9.35 Å². The number of hydrogen-bond donors (Lipinski definition) is 2. The Balaban J connectivity index is 2.09. The van der Waals surface area contributed by atoms with Gasteiger partial charge in [0.1, 0.15) is 10.8 Å². The highest BCUT2D eigenvalue weighted by Gasteiger charge is 2.16. The molecule has 0 fully saturated rings. The highest BCUT2D eigenvalue weighted by atomic mass is 79.9. The third-order valence-corrected chi connectivity index (χ3v) is 4.10. The van der Waals surface area contributed by atoms with Crippen LogP contribution in [-0.2, 0) is 4.74 Å². The fraction of sp³-hybridized carbons (Fsp3) is 0.154. The smallest absolute Gasteiger partial charge is 0.340 e. The highest BCUT2D eigenvalue weighted by molar-refractivity contribution is 9.10. The molecule has 0 spiro atoms. The predicted octanol–water partition coefficient (Wildman–Crippen LogP) is 3.81. The van der Waals surface area contributed by atoms with E-state index in [1.165, 1.54) is 18.4 Å². The summed E-state index contributed by atoms with van der Waals surface area (Å²) in [5.74, 6) is 0.218. The number of esters is 1. The number of carbonyl (C=O) groups excluding carboxylic acids is 1. The number of hydrogen-bond acceptors (Lipinski definition) is 5. The van der Waals surface area contributed by atoms with Crippen molar-refractivity contribution in [2.45, 2.75) is 6.92 Å². The van der Waals surface area contributed by atoms with Crippen molar-refractivity contribution in [3.05, 3.63) is 39.3 Å². The van der Waals surface area contributed by atoms with E-state index in [9.17, 15) is 4.79 Å². The first-order chi connectivity index (χ1) is 9.99. The van der Waals surface area contributed by atoms with Crippen molar-refractivity contribution in [1.82, 2.24) is 4.98 Å². The predicted molar refractivity (Wildman–Crippen MR) is 92.2 cm³/mol. The van der Waals surface area contributed by atoms with Gasteiger partial charge in [0.15, 0.2) is 5.11 Å². The van der Waals surface area contributed by atoms with Crippen LogP contribution in [0.1, 0.15) is 15.2 Å². The van der Waals surface area contributed by atoms with Crippen LogP contribution in [0.15, 0.2) is 28.9 Å². The summed E-state index contributed by atoms with van der Waals surface area (Å²) in [7, 11) is 1.35. The molecule has 110 valence electrons. The van der Waals surface area contributed by atoms with Crippen LogP contribution in [0, 0.1) is 6.92 Å². The number of aryl methyl sites for hydroxylation is 1. The van der Waals surface area contributed by atoms with E-state index in [1.807, 2.05) is 13.0 Å². The van der Waals surface area contributed by atoms with E-state index >= 15 is 0 Å². The summed E-state index contributed by atoms with van der Waals surface area (Å²) in [6.07, 6.45) is 1.67. The third-order valence-electron chi connectivity index (χ3n) is 2.46. The molecule has 2 aromatic heterocycles. The monoisotopic (exact) mass is 385 g/mol. The Bertz CT molecular complexity index is 671. The standard InChI is InChI=1S/C13H12BrN3O2S2/c1-7-5-9(12(18)19-2)11(21-7)17-13(20)16-10-4-3-8(14)6-15-10/h3-6H,1-2H3,(H2,15,16,17,20). The normalized spacial score (nSPS) is 10.0. The molecule has 8 heteroatoms. The summed E-state index contributed by atoms with van der Waals surface area (Å²) in [5.41, 5.74) is 0.466. The summed E-state index contributed by atoms with van der Waals surface area (Å²) < 4.78 is 5.63. The molecule has 0 aliphatic heterocycles. The molecule has 0 bridgehead atoms. The quantitative estimate of drug-likeness (QED) is 0.618. The van der Waals surface area contributed by atoms with Crippen molar-refractivity contribution in [3.8, 4) is 0 Å². The number of ether oxygens (including phenoxy) is 1. The van der Waals surface area contributed by atoms with E-state index in [2.05, 4.69) is 31.5 Å². The highest BCUT2D eigenvalue weighted by Crippen LogP contribution is 2.28. The number of aromatic nitrogens is 1. The van der Waals surface area contributed by atoms with Gasteiger partial charge in [-0.05, 0) is 53.3 Å². The summed E-state index contributed by atoms with van der Waals surface area (Å²) in [4.78, 5) is 16.8. The van der Waals surface area contributed by atoms with Gasteiger partial charge < -0.3 is 15.4 Å². The van der Waals surface area contributed by atoms with Crippen LogP contribution in [0.4, 0.5) is 10.8 Å². The Labute approximate surface area is 139 Å². The van der Waals surface area contributed by atoms with Crippen LogP contribution in [-0.4, -0.2) is 23.2 Å². The van der Waals surface area contributed by atoms with Gasteiger partial charge in [-0.25, -0.2) is 9.78 Å². The topological polar surface area (TPSA) is 63.2 Å². The van der Waals surface area contributed by atoms with E-state index < -0.39 is 5.97 Å². The number of carbonyl (C=O) groups is 1. The van der Waals surface area contributed by atoms with Gasteiger partial charge in [0.05, 0.1) is 12.7 Å². The maximum Gasteiger partial charge on any atom is 0.340 e. The molecular weight excluding hydrogens is 374 g/mol. The zero-order chi connectivity index (χ0) is 15.4. The lowest BCUT2D eigenvalue weighted by molar-refractivity contribution is 0.0602. The SMILES string of the molecule is COC(=O)c1cc(C)sc1NC(=S)Nc1ccc(Br)cn1. The lowest BCUT2D eigenvalue weighted by Crippen LogP contribution is -2.20. The number of rotatable bonds is 3. The van der Waals surface area contributed by atoms with Gasteiger partial charge in [-0.1, -0.05) is 0 Å². The van der Waals surface area contributed by atoms with Crippen molar-refractivity contribution >= 4 is 61.4 Å². The average molecular weight is 386 g/mol. The molecule has 2 aromatic rings. The van der Waals surface area contributed by atoms with E-state index in [-0.39, 0.29) is 0 Å². The molecule has 0 saturated carbocycles. The number of thiophene rings is 1. The van der Waals surface area contributed by atoms with Gasteiger partial charge in [-0.15, -0.1) is 11.3 Å². The van der Waals surface area contributed by atoms with E-state index in [0.29, 0.717) is 21.5 Å². The van der Waals surface area contributed by atoms with Crippen molar-refractivity contribution in [1.29, 1.82) is 0 Å². The van der Waals surface area contributed by atoms with Gasteiger partial charge in [-0.2, -0.15) is 0 Å². The number of nitrogens with one attached hydrogen (secondary N) is 2. The molecule has 5 nitrogen and oxygen atoms in total. The minimum atomic E-state index is -0.397. The summed E-state index contributed by atoms with van der Waals surface area (Å²) in [6, 6.07) is 5.41. The molecule has 2 rings (SSSR count). The molecular formula is C13H12BrN3O2S2. The minimum Gasteiger partial charge on any atom is -0.465 e. The van der Waals surface area contributed by atoms with Crippen molar-refractivity contribution < 1.29 is 9.53 Å². The maximum atomic E-state index is 11.7. The van der Waals surface area contributed by atoms with Crippen LogP contribution in [0.25, 0.3) is 0 Å². The molecule has 0 aliphatic rings.